The Kier molecular flexibility index (Phi) is 12.8. The monoisotopic (exact) mass is 743 g/mol. The van der Waals surface area contributed by atoms with E-state index >= 15 is 0 Å². The Morgan fingerprint density at radius 3 is 2.07 bits per heavy atom. The topological polar surface area (TPSA) is 101 Å². The number of hydrogen-bond acceptors (Lipinski definition) is 5. The van der Waals surface area contributed by atoms with Gasteiger partial charge in [-0.05, 0) is 118 Å². The van der Waals surface area contributed by atoms with E-state index in [1.807, 2.05) is 61.5 Å². The predicted octanol–water partition coefficient (Wildman–Crippen LogP) is 9.49. The average Bonchev–Trinajstić information content (AvgIpc) is 3.23. The molecular formula is C49H61NO5. The van der Waals surface area contributed by atoms with E-state index in [-0.39, 0.29) is 54.0 Å². The number of hydrogen-bond donors (Lipinski definition) is 2. The van der Waals surface area contributed by atoms with Crippen LogP contribution in [0.3, 0.4) is 0 Å². The standard InChI is InChI=1S/C49H61NO5/c1-49(47(54)39-26-20-34(21-27-39)33-12-4-2-5-13-33,50-48(55)42-19-11-10-14-35(42)28-29-44(51)37-15-6-3-7-16-37)32-46(53)38-24-22-36(23-25-38)43-30-40-17-8-9-18-41(40)31-45(43)52/h3,6-11,14-19,33-34,36,38-39,43,47,54H,2,4-5,12-13,20-32H2,1H3,(H,50,55). The number of amides is 1. The largest absolute Gasteiger partial charge is 0.390 e. The van der Waals surface area contributed by atoms with Crippen molar-refractivity contribution < 1.29 is 24.3 Å². The number of aliphatic hydroxyl groups is 1. The van der Waals surface area contributed by atoms with Crippen LogP contribution >= 0.6 is 0 Å². The van der Waals surface area contributed by atoms with E-state index in [2.05, 4.69) is 23.5 Å². The zero-order valence-corrected chi connectivity index (χ0v) is 32.9. The molecule has 3 unspecified atom stereocenters. The number of aliphatic hydroxyl groups excluding tert-OH is 1. The van der Waals surface area contributed by atoms with Gasteiger partial charge in [0.15, 0.2) is 5.78 Å². The highest BCUT2D eigenvalue weighted by Crippen LogP contribution is 2.44. The minimum Gasteiger partial charge on any atom is -0.390 e. The fourth-order valence-corrected chi connectivity index (χ4v) is 11.0. The van der Waals surface area contributed by atoms with E-state index < -0.39 is 11.6 Å². The Labute approximate surface area is 328 Å². The van der Waals surface area contributed by atoms with Crippen molar-refractivity contribution in [2.24, 2.45) is 35.5 Å². The maximum absolute atomic E-state index is 14.3. The van der Waals surface area contributed by atoms with E-state index in [1.54, 1.807) is 6.07 Å². The minimum atomic E-state index is -1.15. The molecule has 7 rings (SSSR count). The van der Waals surface area contributed by atoms with Crippen molar-refractivity contribution in [2.75, 3.05) is 0 Å². The van der Waals surface area contributed by atoms with Crippen LogP contribution < -0.4 is 5.32 Å². The quantitative estimate of drug-likeness (QED) is 0.170. The predicted molar refractivity (Wildman–Crippen MR) is 217 cm³/mol. The molecule has 3 aromatic rings. The molecule has 292 valence electrons. The van der Waals surface area contributed by atoms with Gasteiger partial charge in [-0.25, -0.2) is 0 Å². The molecule has 6 heteroatoms. The van der Waals surface area contributed by atoms with E-state index in [0.717, 1.165) is 74.8 Å². The van der Waals surface area contributed by atoms with Crippen LogP contribution in [0.15, 0.2) is 78.9 Å². The molecule has 1 amide bonds. The Hall–Kier alpha value is -3.90. The molecule has 3 fully saturated rings. The number of carbonyl (C=O) groups is 4. The molecule has 6 nitrogen and oxygen atoms in total. The molecule has 3 atom stereocenters. The molecule has 0 bridgehead atoms. The van der Waals surface area contributed by atoms with Crippen molar-refractivity contribution in [1.29, 1.82) is 0 Å². The SMILES string of the molecule is CC(CC(=O)C1CCC(C2Cc3ccccc3CC2=O)CC1)(NC(=O)c1ccccc1CCC(=O)c1ccccc1)C(O)C1CCC(C2CCCCC2)CC1. The van der Waals surface area contributed by atoms with E-state index in [9.17, 15) is 24.3 Å². The Morgan fingerprint density at radius 2 is 1.35 bits per heavy atom. The van der Waals surface area contributed by atoms with Gasteiger partial charge in [-0.1, -0.05) is 105 Å². The molecule has 4 aliphatic carbocycles. The first-order valence-electron chi connectivity index (χ1n) is 21.5. The summed E-state index contributed by atoms with van der Waals surface area (Å²) in [6, 6.07) is 24.9. The summed E-state index contributed by atoms with van der Waals surface area (Å²) >= 11 is 0. The van der Waals surface area contributed by atoms with Crippen LogP contribution in [0.1, 0.15) is 141 Å². The van der Waals surface area contributed by atoms with Crippen LogP contribution in [0, 0.1) is 35.5 Å². The Balaban J connectivity index is 1.04. The maximum atomic E-state index is 14.3. The number of carbonyl (C=O) groups excluding carboxylic acids is 4. The van der Waals surface area contributed by atoms with Crippen molar-refractivity contribution in [3.05, 3.63) is 107 Å². The highest BCUT2D eigenvalue weighted by atomic mass is 16.3. The van der Waals surface area contributed by atoms with Gasteiger partial charge in [0.2, 0.25) is 0 Å². The third-order valence-corrected chi connectivity index (χ3v) is 14.3. The molecule has 3 aromatic carbocycles. The second-order valence-electron chi connectivity index (χ2n) is 17.8. The van der Waals surface area contributed by atoms with Crippen LogP contribution in [-0.2, 0) is 28.9 Å². The van der Waals surface area contributed by atoms with Gasteiger partial charge in [0.25, 0.3) is 5.91 Å². The fraction of sp³-hybridized carbons (Fsp3) is 0.551. The molecule has 4 aliphatic rings. The van der Waals surface area contributed by atoms with Crippen LogP contribution in [0.25, 0.3) is 0 Å². The summed E-state index contributed by atoms with van der Waals surface area (Å²) in [6.45, 7) is 1.88. The summed E-state index contributed by atoms with van der Waals surface area (Å²) in [5.74, 6) is 1.79. The minimum absolute atomic E-state index is 0.00704. The number of benzene rings is 3. The van der Waals surface area contributed by atoms with Crippen molar-refractivity contribution in [1.82, 2.24) is 5.32 Å². The molecule has 2 N–H and O–H groups in total. The Bertz CT molecular complexity index is 1800. The first-order chi connectivity index (χ1) is 26.7. The first kappa shape index (κ1) is 39.3. The van der Waals surface area contributed by atoms with Crippen LogP contribution in [0.4, 0.5) is 0 Å². The van der Waals surface area contributed by atoms with Crippen molar-refractivity contribution in [3.63, 3.8) is 0 Å². The first-order valence-corrected chi connectivity index (χ1v) is 21.5. The van der Waals surface area contributed by atoms with Crippen molar-refractivity contribution in [2.45, 2.75) is 134 Å². The van der Waals surface area contributed by atoms with E-state index in [1.165, 1.54) is 37.7 Å². The number of aryl methyl sites for hydroxylation is 1. The molecule has 55 heavy (non-hydrogen) atoms. The summed E-state index contributed by atoms with van der Waals surface area (Å²) < 4.78 is 0. The summed E-state index contributed by atoms with van der Waals surface area (Å²) in [4.78, 5) is 54.8. The number of ketones is 3. The number of rotatable bonds is 13. The lowest BCUT2D eigenvalue weighted by molar-refractivity contribution is -0.128. The lowest BCUT2D eigenvalue weighted by Crippen LogP contribution is -2.59. The van der Waals surface area contributed by atoms with Crippen LogP contribution in [0.5, 0.6) is 0 Å². The average molecular weight is 744 g/mol. The second kappa shape index (κ2) is 17.9. The summed E-state index contributed by atoms with van der Waals surface area (Å²) in [5.41, 5.74) is 3.19. The maximum Gasteiger partial charge on any atom is 0.252 e. The fourth-order valence-electron chi connectivity index (χ4n) is 11.0. The highest BCUT2D eigenvalue weighted by Gasteiger charge is 2.45. The smallest absolute Gasteiger partial charge is 0.252 e. The normalized spacial score (nSPS) is 26.3. The van der Waals surface area contributed by atoms with Crippen LogP contribution in [-0.4, -0.2) is 40.0 Å². The molecule has 0 saturated heterocycles. The molecule has 3 saturated carbocycles. The summed E-state index contributed by atoms with van der Waals surface area (Å²) in [7, 11) is 0. The van der Waals surface area contributed by atoms with Gasteiger partial charge in [-0.15, -0.1) is 0 Å². The van der Waals surface area contributed by atoms with Gasteiger partial charge >= 0.3 is 0 Å². The molecule has 0 aromatic heterocycles. The van der Waals surface area contributed by atoms with Gasteiger partial charge in [0, 0.05) is 42.2 Å². The van der Waals surface area contributed by atoms with Gasteiger partial charge in [-0.2, -0.15) is 0 Å². The zero-order chi connectivity index (χ0) is 38.4. The van der Waals surface area contributed by atoms with Crippen LogP contribution in [0.2, 0.25) is 0 Å². The summed E-state index contributed by atoms with van der Waals surface area (Å²) in [5, 5.41) is 15.5. The van der Waals surface area contributed by atoms with Gasteiger partial charge in [0.1, 0.15) is 11.6 Å². The zero-order valence-electron chi connectivity index (χ0n) is 32.9. The van der Waals surface area contributed by atoms with Crippen molar-refractivity contribution in [3.8, 4) is 0 Å². The van der Waals surface area contributed by atoms with Gasteiger partial charge in [-0.3, -0.25) is 19.2 Å². The molecular weight excluding hydrogens is 683 g/mol. The Morgan fingerprint density at radius 1 is 0.727 bits per heavy atom. The molecule has 0 spiro atoms. The van der Waals surface area contributed by atoms with E-state index in [4.69, 9.17) is 0 Å². The molecule has 0 heterocycles. The van der Waals surface area contributed by atoms with Crippen molar-refractivity contribution >= 4 is 23.3 Å². The molecule has 0 radical (unpaired) electrons. The lowest BCUT2D eigenvalue weighted by Gasteiger charge is -2.44. The third-order valence-electron chi connectivity index (χ3n) is 14.3. The second-order valence-corrected chi connectivity index (χ2v) is 17.8. The van der Waals surface area contributed by atoms with Gasteiger partial charge in [0.05, 0.1) is 11.6 Å². The molecule has 0 aliphatic heterocycles. The number of nitrogens with one attached hydrogen (secondary N) is 1. The highest BCUT2D eigenvalue weighted by molar-refractivity contribution is 5.98. The third kappa shape index (κ3) is 9.39. The van der Waals surface area contributed by atoms with E-state index in [0.29, 0.717) is 35.7 Å². The van der Waals surface area contributed by atoms with Gasteiger partial charge < -0.3 is 10.4 Å². The number of Topliss-reactive ketones (excluding diaryl/α,β-unsaturated/α-hetero) is 3. The number of fused-ring (bicyclic) bond motifs is 1. The summed E-state index contributed by atoms with van der Waals surface area (Å²) in [6.07, 6.45) is 15.0. The lowest BCUT2D eigenvalue weighted by atomic mass is 9.66.